The van der Waals surface area contributed by atoms with E-state index in [2.05, 4.69) is 32.2 Å². The first-order chi connectivity index (χ1) is 16.7. The Balaban J connectivity index is 1.33. The summed E-state index contributed by atoms with van der Waals surface area (Å²) >= 11 is 1.30. The zero-order valence-electron chi connectivity index (χ0n) is 19.5. The number of rotatable bonds is 10. The minimum absolute atomic E-state index is 0.0455. The lowest BCUT2D eigenvalue weighted by Crippen LogP contribution is -2.46. The predicted octanol–water partition coefficient (Wildman–Crippen LogP) is 3.31. The monoisotopic (exact) mass is 482 g/mol. The van der Waals surface area contributed by atoms with Gasteiger partial charge in [0.15, 0.2) is 11.0 Å². The van der Waals surface area contributed by atoms with Crippen molar-refractivity contribution in [1.82, 2.24) is 29.9 Å². The van der Waals surface area contributed by atoms with Crippen molar-refractivity contribution in [1.29, 1.82) is 0 Å². The third-order valence-electron chi connectivity index (χ3n) is 5.98. The molecule has 2 aromatic carbocycles. The quantitative estimate of drug-likeness (QED) is 0.353. The van der Waals surface area contributed by atoms with Gasteiger partial charge in [0.1, 0.15) is 5.82 Å². The highest BCUT2D eigenvalue weighted by Crippen LogP contribution is 2.29. The van der Waals surface area contributed by atoms with Crippen LogP contribution < -0.4 is 5.32 Å². The summed E-state index contributed by atoms with van der Waals surface area (Å²) in [4.78, 5) is 17.4. The summed E-state index contributed by atoms with van der Waals surface area (Å²) in [5.41, 5.74) is 1.19. The van der Waals surface area contributed by atoms with Gasteiger partial charge in [-0.15, -0.1) is 10.2 Å². The summed E-state index contributed by atoms with van der Waals surface area (Å²) in [6, 6.07) is 16.1. The van der Waals surface area contributed by atoms with E-state index in [0.717, 1.165) is 51.4 Å². The average Bonchev–Trinajstić information content (AvgIpc) is 3.30. The molecule has 9 heteroatoms. The standard InChI is InChI=1S/C25H31FN6OS/c1-2-30-15-17-31(18-16-30)14-8-13-27-23(33)19-34-25-29-28-24(21-11-6-7-12-22(21)26)32(25)20-9-4-3-5-10-20/h3-7,9-12H,2,8,13-19H2,1H3,(H,27,33). The van der Waals surface area contributed by atoms with Gasteiger partial charge in [0.25, 0.3) is 0 Å². The predicted molar refractivity (Wildman–Crippen MR) is 134 cm³/mol. The fourth-order valence-corrected chi connectivity index (χ4v) is 4.81. The average molecular weight is 483 g/mol. The van der Waals surface area contributed by atoms with Crippen LogP contribution in [0.15, 0.2) is 59.8 Å². The highest BCUT2D eigenvalue weighted by molar-refractivity contribution is 7.99. The number of hydrogen-bond acceptors (Lipinski definition) is 6. The smallest absolute Gasteiger partial charge is 0.230 e. The number of aromatic nitrogens is 3. The lowest BCUT2D eigenvalue weighted by Gasteiger charge is -2.33. The van der Waals surface area contributed by atoms with Gasteiger partial charge in [-0.25, -0.2) is 4.39 Å². The molecule has 1 saturated heterocycles. The number of carbonyl (C=O) groups is 1. The zero-order chi connectivity index (χ0) is 23.8. The SMILES string of the molecule is CCN1CCN(CCCNC(=O)CSc2nnc(-c3ccccc3F)n2-c2ccccc2)CC1. The second-order valence-electron chi connectivity index (χ2n) is 8.23. The van der Waals surface area contributed by atoms with Crippen LogP contribution in [0.1, 0.15) is 13.3 Å². The number of para-hydroxylation sites is 1. The number of nitrogens with one attached hydrogen (secondary N) is 1. The number of nitrogens with zero attached hydrogens (tertiary/aromatic N) is 5. The first kappa shape index (κ1) is 24.4. The fraction of sp³-hybridized carbons (Fsp3) is 0.400. The van der Waals surface area contributed by atoms with E-state index in [-0.39, 0.29) is 17.5 Å². The molecule has 2 heterocycles. The Morgan fingerprint density at radius 3 is 2.44 bits per heavy atom. The van der Waals surface area contributed by atoms with Crippen LogP contribution in [0.25, 0.3) is 17.1 Å². The summed E-state index contributed by atoms with van der Waals surface area (Å²) in [6.45, 7) is 9.40. The first-order valence-electron chi connectivity index (χ1n) is 11.8. The molecule has 0 saturated carbocycles. The lowest BCUT2D eigenvalue weighted by molar-refractivity contribution is -0.118. The Morgan fingerprint density at radius 1 is 1.00 bits per heavy atom. The second-order valence-corrected chi connectivity index (χ2v) is 9.17. The molecule has 7 nitrogen and oxygen atoms in total. The first-order valence-corrected chi connectivity index (χ1v) is 12.7. The zero-order valence-corrected chi connectivity index (χ0v) is 20.3. The molecule has 1 fully saturated rings. The topological polar surface area (TPSA) is 66.3 Å². The van der Waals surface area contributed by atoms with E-state index in [9.17, 15) is 9.18 Å². The molecule has 0 radical (unpaired) electrons. The largest absolute Gasteiger partial charge is 0.355 e. The number of amides is 1. The van der Waals surface area contributed by atoms with Crippen LogP contribution in [0.5, 0.6) is 0 Å². The van der Waals surface area contributed by atoms with Crippen LogP contribution in [0.2, 0.25) is 0 Å². The maximum Gasteiger partial charge on any atom is 0.230 e. The van der Waals surface area contributed by atoms with Gasteiger partial charge < -0.3 is 15.1 Å². The second kappa shape index (κ2) is 12.1. The number of thioether (sulfide) groups is 1. The molecule has 0 atom stereocenters. The molecule has 34 heavy (non-hydrogen) atoms. The van der Waals surface area contributed by atoms with Crippen LogP contribution in [-0.2, 0) is 4.79 Å². The van der Waals surface area contributed by atoms with E-state index in [1.54, 1.807) is 22.8 Å². The van der Waals surface area contributed by atoms with Crippen molar-refractivity contribution >= 4 is 17.7 Å². The highest BCUT2D eigenvalue weighted by Gasteiger charge is 2.19. The minimum atomic E-state index is -0.363. The molecule has 1 amide bonds. The fourth-order valence-electron chi connectivity index (χ4n) is 4.03. The lowest BCUT2D eigenvalue weighted by atomic mass is 10.2. The molecule has 1 aliphatic heterocycles. The molecule has 1 N–H and O–H groups in total. The molecule has 1 aromatic heterocycles. The summed E-state index contributed by atoms with van der Waals surface area (Å²) in [5.74, 6) is 0.223. The Bertz CT molecular complexity index is 1070. The number of carbonyl (C=O) groups excluding carboxylic acids is 1. The van der Waals surface area contributed by atoms with E-state index in [1.165, 1.54) is 17.8 Å². The highest BCUT2D eigenvalue weighted by atomic mass is 32.2. The summed E-state index contributed by atoms with van der Waals surface area (Å²) in [5, 5.41) is 12.1. The number of piperazine rings is 1. The third-order valence-corrected chi connectivity index (χ3v) is 6.91. The normalized spacial score (nSPS) is 14.9. The van der Waals surface area contributed by atoms with Crippen molar-refractivity contribution < 1.29 is 9.18 Å². The van der Waals surface area contributed by atoms with Gasteiger partial charge in [-0.3, -0.25) is 9.36 Å². The molecular formula is C25H31FN6OS. The molecule has 180 valence electrons. The van der Waals surface area contributed by atoms with Gasteiger partial charge in [0, 0.05) is 38.4 Å². The van der Waals surface area contributed by atoms with Gasteiger partial charge in [-0.2, -0.15) is 0 Å². The summed E-state index contributed by atoms with van der Waals surface area (Å²) in [7, 11) is 0. The molecule has 0 unspecified atom stereocenters. The van der Waals surface area contributed by atoms with Gasteiger partial charge in [0.05, 0.1) is 11.3 Å². The van der Waals surface area contributed by atoms with Crippen molar-refractivity contribution in [2.45, 2.75) is 18.5 Å². The molecule has 0 spiro atoms. The summed E-state index contributed by atoms with van der Waals surface area (Å²) < 4.78 is 16.3. The number of halogens is 1. The third kappa shape index (κ3) is 6.22. The molecule has 0 bridgehead atoms. The van der Waals surface area contributed by atoms with E-state index >= 15 is 0 Å². The maximum absolute atomic E-state index is 14.5. The Labute approximate surface area is 204 Å². The Morgan fingerprint density at radius 2 is 1.71 bits per heavy atom. The van der Waals surface area contributed by atoms with Gasteiger partial charge in [-0.1, -0.05) is 49.0 Å². The molecular weight excluding hydrogens is 451 g/mol. The van der Waals surface area contributed by atoms with Crippen LogP contribution in [0, 0.1) is 5.82 Å². The van der Waals surface area contributed by atoms with Gasteiger partial charge in [0.2, 0.25) is 5.91 Å². The van der Waals surface area contributed by atoms with E-state index in [1.807, 2.05) is 30.3 Å². The molecule has 3 aromatic rings. The van der Waals surface area contributed by atoms with E-state index in [0.29, 0.717) is 23.1 Å². The number of benzene rings is 2. The Kier molecular flexibility index (Phi) is 8.67. The van der Waals surface area contributed by atoms with Gasteiger partial charge >= 0.3 is 0 Å². The van der Waals surface area contributed by atoms with Crippen LogP contribution in [0.4, 0.5) is 4.39 Å². The maximum atomic E-state index is 14.5. The van der Waals surface area contributed by atoms with Crippen LogP contribution in [-0.4, -0.2) is 82.0 Å². The molecule has 4 rings (SSSR count). The Hall–Kier alpha value is -2.75. The van der Waals surface area contributed by atoms with Crippen LogP contribution in [0.3, 0.4) is 0 Å². The van der Waals surface area contributed by atoms with E-state index in [4.69, 9.17) is 0 Å². The van der Waals surface area contributed by atoms with Crippen molar-refractivity contribution in [3.8, 4) is 17.1 Å². The molecule has 0 aliphatic carbocycles. The van der Waals surface area contributed by atoms with Crippen molar-refractivity contribution in [3.63, 3.8) is 0 Å². The minimum Gasteiger partial charge on any atom is -0.355 e. The van der Waals surface area contributed by atoms with Gasteiger partial charge in [-0.05, 0) is 43.8 Å². The van der Waals surface area contributed by atoms with Crippen molar-refractivity contribution in [2.75, 3.05) is 51.6 Å². The van der Waals surface area contributed by atoms with Crippen LogP contribution >= 0.6 is 11.8 Å². The molecule has 1 aliphatic rings. The summed E-state index contributed by atoms with van der Waals surface area (Å²) in [6.07, 6.45) is 0.931. The van der Waals surface area contributed by atoms with Crippen molar-refractivity contribution in [2.24, 2.45) is 0 Å². The van der Waals surface area contributed by atoms with Crippen molar-refractivity contribution in [3.05, 3.63) is 60.4 Å². The van der Waals surface area contributed by atoms with E-state index < -0.39 is 0 Å². The number of hydrogen-bond donors (Lipinski definition) is 1. The number of likely N-dealkylation sites (N-methyl/N-ethyl adjacent to an activating group) is 1.